The third kappa shape index (κ3) is 1.81. The van der Waals surface area contributed by atoms with Crippen molar-refractivity contribution in [3.05, 3.63) is 49.1 Å². The average molecular weight is 242 g/mol. The average Bonchev–Trinajstić information content (AvgIpc) is 3.06. The molecule has 3 rings (SSSR count). The fourth-order valence-electron chi connectivity index (χ4n) is 4.12. The third-order valence-electron chi connectivity index (χ3n) is 4.75. The minimum Gasteiger partial charge on any atom is -0.370 e. The topological polar surface area (TPSA) is 9.23 Å². The van der Waals surface area contributed by atoms with Gasteiger partial charge in [-0.3, -0.25) is 0 Å². The van der Waals surface area contributed by atoms with Gasteiger partial charge in [0.1, 0.15) is 0 Å². The highest BCUT2D eigenvalue weighted by molar-refractivity contribution is 5.31. The molecule has 0 heterocycles. The highest BCUT2D eigenvalue weighted by Crippen LogP contribution is 2.57. The SMILES string of the molecule is C=CCCC1=C[C@@H](OCC=C)[C@H]2C3C=CC(C3)[C@@H]12. The van der Waals surface area contributed by atoms with Gasteiger partial charge >= 0.3 is 0 Å². The van der Waals surface area contributed by atoms with Crippen LogP contribution in [-0.2, 0) is 4.74 Å². The van der Waals surface area contributed by atoms with Crippen LogP contribution in [0.4, 0.5) is 0 Å². The Morgan fingerprint density at radius 1 is 1.22 bits per heavy atom. The van der Waals surface area contributed by atoms with Crippen LogP contribution in [0.2, 0.25) is 0 Å². The van der Waals surface area contributed by atoms with Gasteiger partial charge in [0.2, 0.25) is 0 Å². The molecule has 5 atom stereocenters. The minimum absolute atomic E-state index is 0.313. The number of hydrogen-bond donors (Lipinski definition) is 0. The number of fused-ring (bicyclic) bond motifs is 5. The van der Waals surface area contributed by atoms with Gasteiger partial charge in [-0.05, 0) is 37.0 Å². The van der Waals surface area contributed by atoms with Gasteiger partial charge in [-0.2, -0.15) is 0 Å². The fraction of sp³-hybridized carbons (Fsp3) is 0.529. The second kappa shape index (κ2) is 4.89. The number of ether oxygens (including phenoxy) is 1. The summed E-state index contributed by atoms with van der Waals surface area (Å²) in [6.07, 6.45) is 15.0. The van der Waals surface area contributed by atoms with Crippen molar-refractivity contribution in [1.29, 1.82) is 0 Å². The van der Waals surface area contributed by atoms with E-state index in [-0.39, 0.29) is 0 Å². The van der Waals surface area contributed by atoms with Crippen LogP contribution in [0.1, 0.15) is 19.3 Å². The Balaban J connectivity index is 1.78. The first-order chi connectivity index (χ1) is 8.85. The molecule has 0 amide bonds. The van der Waals surface area contributed by atoms with Crippen molar-refractivity contribution in [2.24, 2.45) is 23.7 Å². The molecule has 0 aromatic heterocycles. The lowest BCUT2D eigenvalue weighted by Crippen LogP contribution is -2.27. The lowest BCUT2D eigenvalue weighted by molar-refractivity contribution is 0.0526. The summed E-state index contributed by atoms with van der Waals surface area (Å²) in [5.41, 5.74) is 1.62. The Hall–Kier alpha value is -1.08. The van der Waals surface area contributed by atoms with Gasteiger partial charge < -0.3 is 4.74 Å². The normalized spacial score (nSPS) is 39.8. The molecule has 96 valence electrons. The second-order valence-electron chi connectivity index (χ2n) is 5.71. The van der Waals surface area contributed by atoms with Gasteiger partial charge in [-0.15, -0.1) is 13.2 Å². The molecule has 18 heavy (non-hydrogen) atoms. The maximum absolute atomic E-state index is 5.97. The zero-order chi connectivity index (χ0) is 12.5. The van der Waals surface area contributed by atoms with Crippen molar-refractivity contribution in [1.82, 2.24) is 0 Å². The Morgan fingerprint density at radius 3 is 2.83 bits per heavy atom. The number of rotatable bonds is 6. The molecule has 0 spiro atoms. The molecule has 2 unspecified atom stereocenters. The van der Waals surface area contributed by atoms with Crippen molar-refractivity contribution in [3.8, 4) is 0 Å². The zero-order valence-electron chi connectivity index (χ0n) is 10.9. The van der Waals surface area contributed by atoms with Crippen LogP contribution >= 0.6 is 0 Å². The molecule has 0 aromatic carbocycles. The molecular formula is C17H22O. The molecule has 2 bridgehead atoms. The van der Waals surface area contributed by atoms with Gasteiger partial charge in [0, 0.05) is 5.92 Å². The summed E-state index contributed by atoms with van der Waals surface area (Å²) in [4.78, 5) is 0. The van der Waals surface area contributed by atoms with Gasteiger partial charge in [0.25, 0.3) is 0 Å². The van der Waals surface area contributed by atoms with Gasteiger partial charge in [0.05, 0.1) is 12.7 Å². The van der Waals surface area contributed by atoms with E-state index in [0.29, 0.717) is 18.6 Å². The van der Waals surface area contributed by atoms with Gasteiger partial charge in [-0.1, -0.05) is 36.0 Å². The van der Waals surface area contributed by atoms with Gasteiger partial charge in [-0.25, -0.2) is 0 Å². The third-order valence-corrected chi connectivity index (χ3v) is 4.75. The van der Waals surface area contributed by atoms with Crippen molar-refractivity contribution in [2.45, 2.75) is 25.4 Å². The zero-order valence-corrected chi connectivity index (χ0v) is 10.9. The van der Waals surface area contributed by atoms with Crippen molar-refractivity contribution < 1.29 is 4.74 Å². The predicted octanol–water partition coefficient (Wildman–Crippen LogP) is 3.90. The van der Waals surface area contributed by atoms with Crippen LogP contribution in [0.25, 0.3) is 0 Å². The summed E-state index contributed by atoms with van der Waals surface area (Å²) < 4.78 is 5.97. The Kier molecular flexibility index (Phi) is 3.25. The second-order valence-corrected chi connectivity index (χ2v) is 5.71. The Bertz CT molecular complexity index is 404. The monoisotopic (exact) mass is 242 g/mol. The lowest BCUT2D eigenvalue weighted by atomic mass is 9.80. The summed E-state index contributed by atoms with van der Waals surface area (Å²) in [5.74, 6) is 2.95. The van der Waals surface area contributed by atoms with Crippen LogP contribution in [-0.4, -0.2) is 12.7 Å². The van der Waals surface area contributed by atoms with Crippen molar-refractivity contribution in [2.75, 3.05) is 6.61 Å². The Morgan fingerprint density at radius 2 is 2.06 bits per heavy atom. The standard InChI is InChI=1S/C17H22O/c1-3-5-6-12-11-15(18-9-4-2)17-14-8-7-13(10-14)16(12)17/h3-4,7-8,11,13-17H,1-2,5-6,9-10H2/t13?,14?,15-,16-,17-/m1/s1. The molecular weight excluding hydrogens is 220 g/mol. The summed E-state index contributed by atoms with van der Waals surface area (Å²) >= 11 is 0. The molecule has 0 aromatic rings. The Labute approximate surface area is 110 Å². The van der Waals surface area contributed by atoms with Crippen molar-refractivity contribution >= 4 is 0 Å². The number of allylic oxidation sites excluding steroid dienone is 4. The molecule has 0 N–H and O–H groups in total. The molecule has 3 aliphatic carbocycles. The van der Waals surface area contributed by atoms with E-state index >= 15 is 0 Å². The smallest absolute Gasteiger partial charge is 0.0802 e. The first kappa shape index (κ1) is 12.0. The molecule has 0 aliphatic heterocycles. The van der Waals surface area contributed by atoms with Crippen LogP contribution in [0.5, 0.6) is 0 Å². The van der Waals surface area contributed by atoms with E-state index in [4.69, 9.17) is 4.74 Å². The summed E-state index contributed by atoms with van der Waals surface area (Å²) in [5, 5.41) is 0. The van der Waals surface area contributed by atoms with E-state index in [2.05, 4.69) is 31.4 Å². The van der Waals surface area contributed by atoms with Crippen molar-refractivity contribution in [3.63, 3.8) is 0 Å². The minimum atomic E-state index is 0.313. The highest BCUT2D eigenvalue weighted by atomic mass is 16.5. The van der Waals surface area contributed by atoms with E-state index < -0.39 is 0 Å². The molecule has 3 aliphatic rings. The molecule has 1 fully saturated rings. The summed E-state index contributed by atoms with van der Waals surface area (Å²) in [6, 6.07) is 0. The molecule has 1 saturated carbocycles. The van der Waals surface area contributed by atoms with Gasteiger partial charge in [0.15, 0.2) is 0 Å². The molecule has 1 nitrogen and oxygen atoms in total. The van der Waals surface area contributed by atoms with Crippen LogP contribution < -0.4 is 0 Å². The molecule has 0 saturated heterocycles. The van der Waals surface area contributed by atoms with E-state index in [9.17, 15) is 0 Å². The van der Waals surface area contributed by atoms with E-state index in [1.165, 1.54) is 6.42 Å². The van der Waals surface area contributed by atoms with Crippen LogP contribution in [0.15, 0.2) is 49.1 Å². The summed E-state index contributed by atoms with van der Waals surface area (Å²) in [7, 11) is 0. The fourth-order valence-corrected chi connectivity index (χ4v) is 4.12. The van der Waals surface area contributed by atoms with Crippen LogP contribution in [0.3, 0.4) is 0 Å². The van der Waals surface area contributed by atoms with Crippen LogP contribution in [0, 0.1) is 23.7 Å². The predicted molar refractivity (Wildman–Crippen MR) is 75.2 cm³/mol. The first-order valence-electron chi connectivity index (χ1n) is 7.07. The highest BCUT2D eigenvalue weighted by Gasteiger charge is 2.52. The van der Waals surface area contributed by atoms with E-state index in [1.807, 2.05) is 12.2 Å². The quantitative estimate of drug-likeness (QED) is 0.642. The molecule has 1 heteroatoms. The summed E-state index contributed by atoms with van der Waals surface area (Å²) in [6.45, 7) is 8.26. The largest absolute Gasteiger partial charge is 0.370 e. The maximum atomic E-state index is 5.97. The molecule has 0 radical (unpaired) electrons. The van der Waals surface area contributed by atoms with E-state index in [1.54, 1.807) is 5.57 Å². The first-order valence-corrected chi connectivity index (χ1v) is 7.07. The maximum Gasteiger partial charge on any atom is 0.0802 e. The lowest BCUT2D eigenvalue weighted by Gasteiger charge is -2.27. The number of hydrogen-bond acceptors (Lipinski definition) is 1. The van der Waals surface area contributed by atoms with E-state index in [0.717, 1.165) is 30.6 Å².